The van der Waals surface area contributed by atoms with Gasteiger partial charge in [-0.2, -0.15) is 0 Å². The fourth-order valence-corrected chi connectivity index (χ4v) is 4.80. The zero-order valence-corrected chi connectivity index (χ0v) is 26.7. The van der Waals surface area contributed by atoms with Crippen LogP contribution in [0.2, 0.25) is 0 Å². The highest BCUT2D eigenvalue weighted by molar-refractivity contribution is 7.90. The first-order valence-electron chi connectivity index (χ1n) is 14.3. The van der Waals surface area contributed by atoms with Crippen molar-refractivity contribution in [3.63, 3.8) is 0 Å². The van der Waals surface area contributed by atoms with Gasteiger partial charge in [0, 0.05) is 37.5 Å². The number of ether oxygens (including phenoxy) is 4. The smallest absolute Gasteiger partial charge is 0.407 e. The number of carbonyl (C=O) groups is 4. The van der Waals surface area contributed by atoms with Gasteiger partial charge in [0.15, 0.2) is 0 Å². The summed E-state index contributed by atoms with van der Waals surface area (Å²) in [6.45, 7) is 6.57. The average molecular weight is 669 g/mol. The molecule has 0 spiro atoms. The number of carboxylic acids is 1. The predicted octanol–water partition coefficient (Wildman–Crippen LogP) is 0.594. The topological polar surface area (TPSA) is 218 Å². The van der Waals surface area contributed by atoms with Gasteiger partial charge in [-0.1, -0.05) is 6.07 Å². The largest absolute Gasteiger partial charge is 0.481 e. The Balaban J connectivity index is 1.87. The number of hydrogen-bond donors (Lipinski definition) is 4. The first-order chi connectivity index (χ1) is 21.7. The Labute approximate surface area is 266 Å². The van der Waals surface area contributed by atoms with Crippen molar-refractivity contribution in [3.05, 3.63) is 64.1 Å². The number of benzene rings is 1. The number of nitrogens with zero attached hydrogens (tertiary/aromatic N) is 1. The molecule has 1 heterocycles. The molecule has 0 aliphatic rings. The highest BCUT2D eigenvalue weighted by Gasteiger charge is 2.22. The van der Waals surface area contributed by atoms with E-state index >= 15 is 0 Å². The number of nitrogens with one attached hydrogen (secondary N) is 3. The van der Waals surface area contributed by atoms with E-state index in [2.05, 4.69) is 16.0 Å². The van der Waals surface area contributed by atoms with Crippen molar-refractivity contribution < 1.29 is 51.6 Å². The summed E-state index contributed by atoms with van der Waals surface area (Å²) < 4.78 is 47.9. The van der Waals surface area contributed by atoms with E-state index in [1.54, 1.807) is 20.8 Å². The van der Waals surface area contributed by atoms with Crippen molar-refractivity contribution in [1.29, 1.82) is 0 Å². The lowest BCUT2D eigenvalue weighted by atomic mass is 10.2. The Morgan fingerprint density at radius 1 is 0.783 bits per heavy atom. The highest BCUT2D eigenvalue weighted by atomic mass is 32.2. The summed E-state index contributed by atoms with van der Waals surface area (Å²) >= 11 is 0. The van der Waals surface area contributed by atoms with Crippen LogP contribution in [0.3, 0.4) is 0 Å². The fourth-order valence-electron chi connectivity index (χ4n) is 3.50. The van der Waals surface area contributed by atoms with Crippen LogP contribution in [0.1, 0.15) is 47.9 Å². The molecule has 4 N–H and O–H groups in total. The molecule has 0 aliphatic heterocycles. The summed E-state index contributed by atoms with van der Waals surface area (Å²) in [5.41, 5.74) is -1.69. The van der Waals surface area contributed by atoms with Crippen molar-refractivity contribution in [2.24, 2.45) is 0 Å². The minimum Gasteiger partial charge on any atom is -0.481 e. The van der Waals surface area contributed by atoms with Gasteiger partial charge in [0.1, 0.15) is 5.60 Å². The molecule has 46 heavy (non-hydrogen) atoms. The number of amides is 3. The molecule has 17 heteroatoms. The van der Waals surface area contributed by atoms with Gasteiger partial charge in [-0.25, -0.2) is 17.2 Å². The van der Waals surface area contributed by atoms with E-state index in [4.69, 9.17) is 24.1 Å². The molecule has 1 aromatic carbocycles. The summed E-state index contributed by atoms with van der Waals surface area (Å²) in [7, 11) is -4.49. The number of pyridine rings is 1. The lowest BCUT2D eigenvalue weighted by Crippen LogP contribution is -2.37. The second-order valence-corrected chi connectivity index (χ2v) is 12.3. The minimum absolute atomic E-state index is 0.00485. The fraction of sp³-hybridized carbons (Fsp3) is 0.483. The van der Waals surface area contributed by atoms with Gasteiger partial charge < -0.3 is 40.0 Å². The van der Waals surface area contributed by atoms with Crippen LogP contribution in [0.5, 0.6) is 0 Å². The molecule has 0 atom stereocenters. The van der Waals surface area contributed by atoms with Gasteiger partial charge >= 0.3 is 12.1 Å². The SMILES string of the molecule is CC(C)(C)OC(=O)NCCNC(=O)c1cccc(S(=O)(=O)n2cc(C(=O)NCCOCCOCCOCCC(=O)O)ccc2=O)c1. The Morgan fingerprint density at radius 3 is 2.02 bits per heavy atom. The molecule has 0 aliphatic carbocycles. The van der Waals surface area contributed by atoms with Gasteiger partial charge in [-0.15, -0.1) is 0 Å². The van der Waals surface area contributed by atoms with Crippen molar-refractivity contribution in [3.8, 4) is 0 Å². The van der Waals surface area contributed by atoms with E-state index in [-0.39, 0.29) is 81.7 Å². The average Bonchev–Trinajstić information content (AvgIpc) is 2.98. The molecular formula is C29H40N4O12S. The zero-order chi connectivity index (χ0) is 34.2. The highest BCUT2D eigenvalue weighted by Crippen LogP contribution is 2.15. The Morgan fingerprint density at radius 2 is 1.37 bits per heavy atom. The lowest BCUT2D eigenvalue weighted by Gasteiger charge is -2.19. The zero-order valence-electron chi connectivity index (χ0n) is 25.9. The van der Waals surface area contributed by atoms with Gasteiger partial charge in [-0.3, -0.25) is 19.2 Å². The molecule has 2 rings (SSSR count). The number of carbonyl (C=O) groups excluding carboxylic acids is 3. The van der Waals surface area contributed by atoms with E-state index in [0.29, 0.717) is 3.97 Å². The molecule has 0 saturated heterocycles. The summed E-state index contributed by atoms with van der Waals surface area (Å²) in [6.07, 6.45) is 0.164. The maximum atomic E-state index is 13.3. The standard InChI is InChI=1S/C29H40N4O12S/c1-29(2,3)45-28(39)32-11-10-30-26(37)21-5-4-6-23(19-21)46(40,41)33-20-22(7-8-24(33)34)27(38)31-12-14-43-16-18-44-17-15-42-13-9-25(35)36/h4-8,19-20H,9-18H2,1-3H3,(H,30,37)(H,31,38)(H,32,39)(H,35,36). The Kier molecular flexibility index (Phi) is 15.3. The predicted molar refractivity (Wildman–Crippen MR) is 163 cm³/mol. The lowest BCUT2D eigenvalue weighted by molar-refractivity contribution is -0.138. The molecule has 16 nitrogen and oxygen atoms in total. The van der Waals surface area contributed by atoms with Crippen molar-refractivity contribution >= 4 is 33.9 Å². The van der Waals surface area contributed by atoms with Crippen molar-refractivity contribution in [2.75, 3.05) is 59.3 Å². The van der Waals surface area contributed by atoms with E-state index in [9.17, 15) is 32.4 Å². The molecule has 1 aromatic heterocycles. The number of carboxylic acid groups (broad SMARTS) is 1. The Bertz CT molecular complexity index is 1500. The van der Waals surface area contributed by atoms with Gasteiger partial charge in [-0.05, 0) is 45.0 Å². The third kappa shape index (κ3) is 13.8. The summed E-state index contributed by atoms with van der Waals surface area (Å²) in [6, 6.07) is 7.16. The van der Waals surface area contributed by atoms with Crippen LogP contribution in [0, 0.1) is 0 Å². The van der Waals surface area contributed by atoms with Crippen LogP contribution in [0.15, 0.2) is 52.3 Å². The summed E-state index contributed by atoms with van der Waals surface area (Å²) in [5.74, 6) is -2.20. The molecule has 254 valence electrons. The number of rotatable bonds is 19. The van der Waals surface area contributed by atoms with Crippen molar-refractivity contribution in [2.45, 2.75) is 37.7 Å². The molecule has 0 fully saturated rings. The number of aliphatic carboxylic acids is 1. The van der Waals surface area contributed by atoms with Crippen LogP contribution in [-0.2, 0) is 33.8 Å². The molecule has 0 bridgehead atoms. The summed E-state index contributed by atoms with van der Waals surface area (Å²) in [5, 5.41) is 16.1. The van der Waals surface area contributed by atoms with E-state index in [0.717, 1.165) is 18.3 Å². The number of hydrogen-bond acceptors (Lipinski definition) is 11. The first-order valence-corrected chi connectivity index (χ1v) is 15.7. The first kappa shape index (κ1) is 37.9. The quantitative estimate of drug-likeness (QED) is 0.151. The van der Waals surface area contributed by atoms with Crippen LogP contribution >= 0.6 is 0 Å². The summed E-state index contributed by atoms with van der Waals surface area (Å²) in [4.78, 5) is 59.5. The van der Waals surface area contributed by atoms with E-state index in [1.807, 2.05) is 0 Å². The molecule has 0 saturated carbocycles. The number of alkyl carbamates (subject to hydrolysis) is 1. The third-order valence-electron chi connectivity index (χ3n) is 5.61. The van der Waals surface area contributed by atoms with Crippen LogP contribution in [0.4, 0.5) is 4.79 Å². The normalized spacial score (nSPS) is 11.5. The molecule has 2 aromatic rings. The van der Waals surface area contributed by atoms with Crippen LogP contribution < -0.4 is 21.5 Å². The van der Waals surface area contributed by atoms with E-state index < -0.39 is 45.1 Å². The Hall–Kier alpha value is -4.32. The molecule has 0 unspecified atom stereocenters. The maximum absolute atomic E-state index is 13.3. The minimum atomic E-state index is -4.49. The molecular weight excluding hydrogens is 628 g/mol. The second-order valence-electron chi connectivity index (χ2n) is 10.5. The number of aromatic nitrogens is 1. The van der Waals surface area contributed by atoms with E-state index in [1.165, 1.54) is 24.3 Å². The van der Waals surface area contributed by atoms with Gasteiger partial charge in [0.25, 0.3) is 27.4 Å². The monoisotopic (exact) mass is 668 g/mol. The van der Waals surface area contributed by atoms with Crippen LogP contribution in [-0.4, -0.2) is 106 Å². The van der Waals surface area contributed by atoms with Gasteiger partial charge in [0.05, 0.1) is 56.5 Å². The van der Waals surface area contributed by atoms with Gasteiger partial charge in [0.2, 0.25) is 0 Å². The molecule has 3 amide bonds. The van der Waals surface area contributed by atoms with Crippen molar-refractivity contribution in [1.82, 2.24) is 19.9 Å². The molecule has 0 radical (unpaired) electrons. The maximum Gasteiger partial charge on any atom is 0.407 e. The third-order valence-corrected chi connectivity index (χ3v) is 7.26. The van der Waals surface area contributed by atoms with Crippen LogP contribution in [0.25, 0.3) is 0 Å². The second kappa shape index (κ2) is 18.6.